The van der Waals surface area contributed by atoms with Crippen LogP contribution in [0.15, 0.2) is 76.7 Å². The topological polar surface area (TPSA) is 200 Å². The van der Waals surface area contributed by atoms with Gasteiger partial charge in [0, 0.05) is 42.6 Å². The largest absolute Gasteiger partial charge is 0.545 e. The van der Waals surface area contributed by atoms with Crippen molar-refractivity contribution in [3.8, 4) is 0 Å². The molecule has 2 aliphatic rings. The lowest BCUT2D eigenvalue weighted by molar-refractivity contribution is -0.938. The average Bonchev–Trinajstić information content (AvgIpc) is 3.20. The van der Waals surface area contributed by atoms with E-state index in [1.54, 1.807) is 9.80 Å². The number of hydrogen-bond donors (Lipinski definition) is 5. The van der Waals surface area contributed by atoms with E-state index < -0.39 is 23.9 Å². The number of rotatable bonds is 10. The third kappa shape index (κ3) is 13.5. The minimum absolute atomic E-state index is 0.309. The molecular weight excluding hydrogens is 580 g/mol. The highest BCUT2D eigenvalue weighted by Crippen LogP contribution is 2.46. The summed E-state index contributed by atoms with van der Waals surface area (Å²) in [6.45, 7) is 8.30. The lowest BCUT2D eigenvalue weighted by Crippen LogP contribution is -3.18. The van der Waals surface area contributed by atoms with Crippen LogP contribution in [0.25, 0.3) is 0 Å². The van der Waals surface area contributed by atoms with E-state index in [0.29, 0.717) is 30.9 Å². The Labute approximate surface area is 253 Å². The third-order valence-corrected chi connectivity index (χ3v) is 7.48. The number of nitrogens with one attached hydrogen (secondary N) is 2. The summed E-state index contributed by atoms with van der Waals surface area (Å²) in [5, 5.41) is 43.6. The first-order valence-corrected chi connectivity index (χ1v) is 14.4. The van der Waals surface area contributed by atoms with Gasteiger partial charge in [-0.3, -0.25) is 0 Å². The van der Waals surface area contributed by atoms with Crippen molar-refractivity contribution in [2.24, 2.45) is 0 Å². The first-order valence-electron chi connectivity index (χ1n) is 13.6. The number of fused-ring (bicyclic) bond motifs is 2. The molecule has 2 unspecified atom stereocenters. The van der Waals surface area contributed by atoms with Gasteiger partial charge >= 0.3 is 11.9 Å². The minimum atomic E-state index is -1.51. The molecule has 2 aromatic rings. The summed E-state index contributed by atoms with van der Waals surface area (Å²) < 4.78 is 0. The minimum Gasteiger partial charge on any atom is -0.545 e. The molecule has 0 amide bonds. The van der Waals surface area contributed by atoms with E-state index in [9.17, 15) is 34.5 Å². The van der Waals surface area contributed by atoms with Gasteiger partial charge in [0.1, 0.15) is 25.5 Å². The molecule has 0 radical (unpaired) electrons. The molecule has 1 fully saturated rings. The summed E-state index contributed by atoms with van der Waals surface area (Å²) in [4.78, 5) is 50.9. The van der Waals surface area contributed by atoms with Gasteiger partial charge in [0.2, 0.25) is 0 Å². The molecule has 2 atom stereocenters. The number of carbonyl (C=O) groups excluding carboxylic acids is 2. The predicted octanol–water partition coefficient (Wildman–Crippen LogP) is -3.01. The Morgan fingerprint density at radius 3 is 1.98 bits per heavy atom. The second kappa shape index (κ2) is 19.0. The fraction of sp³-hybridized carbons (Fsp3) is 0.345. The zero-order valence-corrected chi connectivity index (χ0v) is 24.3. The number of anilines is 2. The average molecular weight is 617 g/mol. The van der Waals surface area contributed by atoms with Crippen LogP contribution in [0, 0.1) is 0 Å². The van der Waals surface area contributed by atoms with Gasteiger partial charge in [0.25, 0.3) is 0 Å². The number of aromatic nitrogens is 1. The van der Waals surface area contributed by atoms with Crippen LogP contribution >= 0.6 is 11.8 Å². The number of aliphatic carboxylic acids is 4. The van der Waals surface area contributed by atoms with Crippen molar-refractivity contribution >= 4 is 47.1 Å². The predicted molar refractivity (Wildman–Crippen MR) is 153 cm³/mol. The summed E-state index contributed by atoms with van der Waals surface area (Å²) >= 11 is 1.82. The number of aliphatic hydroxyl groups is 1. The Morgan fingerprint density at radius 2 is 1.42 bits per heavy atom. The number of quaternary nitrogens is 2. The normalized spacial score (nSPS) is 17.4. The molecule has 0 aliphatic carbocycles. The summed E-state index contributed by atoms with van der Waals surface area (Å²) in [5.74, 6) is -4.51. The van der Waals surface area contributed by atoms with Gasteiger partial charge in [-0.1, -0.05) is 23.9 Å². The second-order valence-corrected chi connectivity index (χ2v) is 10.5. The number of carboxylic acid groups (broad SMARTS) is 4. The quantitative estimate of drug-likeness (QED) is 0.170. The van der Waals surface area contributed by atoms with Gasteiger partial charge in [-0.05, 0) is 36.4 Å². The van der Waals surface area contributed by atoms with Crippen LogP contribution < -0.4 is 24.9 Å². The van der Waals surface area contributed by atoms with Crippen molar-refractivity contribution in [2.75, 3.05) is 57.3 Å². The molecule has 1 aromatic carbocycles. The molecule has 14 heteroatoms. The van der Waals surface area contributed by atoms with E-state index in [-0.39, 0.29) is 0 Å². The number of benzene rings is 1. The second-order valence-electron chi connectivity index (χ2n) is 9.46. The molecular formula is C29H36N4O9S. The molecule has 43 heavy (non-hydrogen) atoms. The maximum Gasteiger partial charge on any atom is 0.328 e. The molecule has 0 saturated carbocycles. The summed E-state index contributed by atoms with van der Waals surface area (Å²) in [6, 6.07) is 12.9. The fourth-order valence-electron chi connectivity index (χ4n) is 4.51. The van der Waals surface area contributed by atoms with Gasteiger partial charge in [0.05, 0.1) is 48.8 Å². The Balaban J connectivity index is 0.000000334. The van der Waals surface area contributed by atoms with E-state index in [2.05, 4.69) is 40.2 Å². The highest BCUT2D eigenvalue weighted by atomic mass is 32.2. The third-order valence-electron chi connectivity index (χ3n) is 6.38. The smallest absolute Gasteiger partial charge is 0.328 e. The Hall–Kier alpha value is -4.24. The summed E-state index contributed by atoms with van der Waals surface area (Å²) in [5.41, 5.74) is 1.29. The van der Waals surface area contributed by atoms with Crippen LogP contribution in [0.2, 0.25) is 0 Å². The Morgan fingerprint density at radius 1 is 0.837 bits per heavy atom. The number of pyridine rings is 1. The van der Waals surface area contributed by atoms with Crippen molar-refractivity contribution in [3.05, 3.63) is 66.9 Å². The maximum absolute atomic E-state index is 9.53. The van der Waals surface area contributed by atoms with Crippen molar-refractivity contribution in [2.45, 2.75) is 22.6 Å². The zero-order chi connectivity index (χ0) is 31.6. The molecule has 5 N–H and O–H groups in total. The first-order chi connectivity index (χ1) is 20.6. The summed E-state index contributed by atoms with van der Waals surface area (Å²) in [6.07, 6.45) is 6.21. The zero-order valence-electron chi connectivity index (χ0n) is 23.5. The lowest BCUT2D eigenvalue weighted by Gasteiger charge is -2.31. The first kappa shape index (κ1) is 35.0. The molecule has 0 bridgehead atoms. The number of carbonyl (C=O) groups is 4. The van der Waals surface area contributed by atoms with Crippen molar-refractivity contribution in [1.82, 2.24) is 4.98 Å². The maximum atomic E-state index is 9.53. The molecule has 2 aliphatic heterocycles. The molecule has 1 saturated heterocycles. The van der Waals surface area contributed by atoms with Crippen LogP contribution in [0.3, 0.4) is 0 Å². The standard InChI is InChI=1S/C21H28N4OS.2C4H4O4/c26-17-16-24-11-4-10-23(14-15-24)12-5-13-25-18-6-1-2-7-19(18)27-20-8-3-9-22-21(20)25;2*5-3(6)1-2-4(7)8/h1-3,6-9,26H,4-5,10-17H2;2*1-2H,(H,5,6)(H,7,8)/b;2*2-1+. The van der Waals surface area contributed by atoms with E-state index in [1.807, 2.05) is 24.0 Å². The molecule has 3 heterocycles. The number of aliphatic hydroxyl groups excluding tert-OH is 1. The number of para-hydroxylation sites is 1. The van der Waals surface area contributed by atoms with Crippen LogP contribution in [0.4, 0.5) is 11.5 Å². The number of nitrogens with zero attached hydrogens (tertiary/aromatic N) is 2. The Kier molecular flexibility index (Phi) is 15.5. The van der Waals surface area contributed by atoms with Gasteiger partial charge < -0.3 is 49.8 Å². The van der Waals surface area contributed by atoms with E-state index in [0.717, 1.165) is 18.9 Å². The fourth-order valence-corrected chi connectivity index (χ4v) is 5.57. The van der Waals surface area contributed by atoms with Crippen molar-refractivity contribution in [3.63, 3.8) is 0 Å². The van der Waals surface area contributed by atoms with Crippen LogP contribution in [0.1, 0.15) is 12.8 Å². The lowest BCUT2D eigenvalue weighted by atomic mass is 10.2. The van der Waals surface area contributed by atoms with Crippen LogP contribution in [-0.4, -0.2) is 96.6 Å². The molecule has 232 valence electrons. The van der Waals surface area contributed by atoms with Gasteiger partial charge in [-0.15, -0.1) is 0 Å². The SMILES string of the molecule is O=C([O-])/C=C/C(=O)O.O=C([O-])/C=C/C(=O)O.OCC[NH+]1CCC[NH+](CCCN2c3ccccc3Sc3cccnc32)CC1. The summed E-state index contributed by atoms with van der Waals surface area (Å²) in [7, 11) is 0. The highest BCUT2D eigenvalue weighted by molar-refractivity contribution is 7.99. The van der Waals surface area contributed by atoms with Crippen LogP contribution in [-0.2, 0) is 19.2 Å². The van der Waals surface area contributed by atoms with E-state index in [1.165, 1.54) is 61.0 Å². The highest BCUT2D eigenvalue weighted by Gasteiger charge is 2.25. The Bertz CT molecular complexity index is 1180. The van der Waals surface area contributed by atoms with Crippen molar-refractivity contribution in [1.29, 1.82) is 0 Å². The van der Waals surface area contributed by atoms with E-state index >= 15 is 0 Å². The number of carboxylic acids is 4. The molecule has 4 rings (SSSR count). The van der Waals surface area contributed by atoms with Gasteiger partial charge in [0.15, 0.2) is 0 Å². The van der Waals surface area contributed by atoms with Gasteiger partial charge in [-0.25, -0.2) is 14.6 Å². The number of hydrogen-bond acceptors (Lipinski definition) is 10. The van der Waals surface area contributed by atoms with Crippen molar-refractivity contribution < 1.29 is 54.5 Å². The molecule has 1 aromatic heterocycles. The van der Waals surface area contributed by atoms with Crippen LogP contribution in [0.5, 0.6) is 0 Å². The van der Waals surface area contributed by atoms with Gasteiger partial charge in [-0.2, -0.15) is 0 Å². The molecule has 13 nitrogen and oxygen atoms in total. The molecule has 0 spiro atoms. The van der Waals surface area contributed by atoms with E-state index in [4.69, 9.17) is 10.2 Å². The monoisotopic (exact) mass is 616 g/mol.